The van der Waals surface area contributed by atoms with Gasteiger partial charge >= 0.3 is 0 Å². The van der Waals surface area contributed by atoms with E-state index in [4.69, 9.17) is 24.6 Å². The third-order valence-electron chi connectivity index (χ3n) is 6.38. The third-order valence-corrected chi connectivity index (χ3v) is 6.38. The maximum Gasteiger partial charge on any atom is 0.289 e. The Kier molecular flexibility index (Phi) is 6.29. The molecule has 3 heterocycles. The Morgan fingerprint density at radius 2 is 1.91 bits per heavy atom. The number of ether oxygens (including phenoxy) is 2. The number of aromatic nitrogens is 1. The first-order valence-corrected chi connectivity index (χ1v) is 11.5. The van der Waals surface area contributed by atoms with Gasteiger partial charge in [0.2, 0.25) is 0 Å². The van der Waals surface area contributed by atoms with E-state index in [2.05, 4.69) is 11.0 Å². The van der Waals surface area contributed by atoms with Crippen LogP contribution >= 0.6 is 0 Å². The molecule has 4 aromatic rings. The van der Waals surface area contributed by atoms with Gasteiger partial charge < -0.3 is 29.4 Å². The average Bonchev–Trinajstić information content (AvgIpc) is 3.34. The first-order valence-electron chi connectivity index (χ1n) is 11.5. The van der Waals surface area contributed by atoms with E-state index < -0.39 is 0 Å². The number of para-hydroxylation sites is 1. The minimum Gasteiger partial charge on any atom is -0.496 e. The molecule has 1 aliphatic heterocycles. The molecule has 0 saturated carbocycles. The van der Waals surface area contributed by atoms with Crippen LogP contribution in [0.1, 0.15) is 17.0 Å². The lowest BCUT2D eigenvalue weighted by atomic mass is 10.0. The lowest BCUT2D eigenvalue weighted by molar-refractivity contribution is 0.0697. The fraction of sp³-hybridized carbons (Fsp3) is 0.259. The normalized spacial score (nSPS) is 16.3. The summed E-state index contributed by atoms with van der Waals surface area (Å²) in [7, 11) is 3.31. The van der Waals surface area contributed by atoms with Crippen molar-refractivity contribution < 1.29 is 18.7 Å². The van der Waals surface area contributed by atoms with E-state index >= 15 is 0 Å². The van der Waals surface area contributed by atoms with Crippen molar-refractivity contribution in [3.05, 3.63) is 72.7 Å². The molecule has 0 spiro atoms. The van der Waals surface area contributed by atoms with Crippen LogP contribution in [0.15, 0.2) is 71.3 Å². The number of anilines is 2. The summed E-state index contributed by atoms with van der Waals surface area (Å²) in [5.74, 6) is 0.831. The molecular formula is C27H28N4O4. The van der Waals surface area contributed by atoms with Gasteiger partial charge in [0.15, 0.2) is 5.76 Å². The molecule has 1 atom stereocenters. The Hall–Kier alpha value is -4.04. The Morgan fingerprint density at radius 3 is 2.69 bits per heavy atom. The predicted molar refractivity (Wildman–Crippen MR) is 136 cm³/mol. The fourth-order valence-electron chi connectivity index (χ4n) is 4.66. The van der Waals surface area contributed by atoms with E-state index in [1.54, 1.807) is 31.3 Å². The molecule has 1 fully saturated rings. The number of nitrogens with zero attached hydrogens (tertiary/aromatic N) is 3. The number of fused-ring (bicyclic) bond motifs is 1. The number of hydrogen-bond donors (Lipinski definition) is 1. The zero-order chi connectivity index (χ0) is 24.4. The molecule has 1 amide bonds. The van der Waals surface area contributed by atoms with E-state index in [1.807, 2.05) is 42.5 Å². The summed E-state index contributed by atoms with van der Waals surface area (Å²) in [6.45, 7) is 1.58. The summed E-state index contributed by atoms with van der Waals surface area (Å²) >= 11 is 0. The van der Waals surface area contributed by atoms with Crippen molar-refractivity contribution in [1.82, 2.24) is 9.88 Å². The van der Waals surface area contributed by atoms with Gasteiger partial charge in [-0.3, -0.25) is 4.79 Å². The SMILES string of the molecule is COc1cc(N)cc(N2CCN(C(=O)c3ccco3)CCC2OC)c1-c1ccc2ccccc2n1. The van der Waals surface area contributed by atoms with Crippen LogP contribution in [0.3, 0.4) is 0 Å². The smallest absolute Gasteiger partial charge is 0.289 e. The monoisotopic (exact) mass is 472 g/mol. The number of methoxy groups -OCH3 is 2. The number of benzene rings is 2. The van der Waals surface area contributed by atoms with Crippen molar-refractivity contribution in [2.75, 3.05) is 44.5 Å². The standard InChI is InChI=1S/C27H28N4O4/c1-33-24-17-19(28)16-22(26(24)21-10-9-18-6-3-4-7-20(18)29-21)31-14-13-30(12-11-25(31)34-2)27(32)23-8-5-15-35-23/h3-10,15-17,25H,11-14,28H2,1-2H3. The van der Waals surface area contributed by atoms with Crippen LogP contribution in [0.4, 0.5) is 11.4 Å². The summed E-state index contributed by atoms with van der Waals surface area (Å²) in [5, 5.41) is 1.06. The molecule has 1 unspecified atom stereocenters. The molecule has 8 heteroatoms. The molecule has 2 aromatic carbocycles. The van der Waals surface area contributed by atoms with Crippen LogP contribution in [0.25, 0.3) is 22.2 Å². The largest absolute Gasteiger partial charge is 0.496 e. The van der Waals surface area contributed by atoms with Gasteiger partial charge in [0.25, 0.3) is 5.91 Å². The molecule has 1 aliphatic rings. The van der Waals surface area contributed by atoms with Gasteiger partial charge in [0.05, 0.1) is 35.8 Å². The summed E-state index contributed by atoms with van der Waals surface area (Å²) in [5.41, 5.74) is 10.2. The number of carbonyl (C=O) groups is 1. The highest BCUT2D eigenvalue weighted by Gasteiger charge is 2.30. The maximum atomic E-state index is 12.9. The van der Waals surface area contributed by atoms with E-state index in [1.165, 1.54) is 6.26 Å². The van der Waals surface area contributed by atoms with E-state index in [0.717, 1.165) is 27.8 Å². The summed E-state index contributed by atoms with van der Waals surface area (Å²) in [6.07, 6.45) is 1.86. The second-order valence-corrected chi connectivity index (χ2v) is 8.45. The van der Waals surface area contributed by atoms with E-state index in [-0.39, 0.29) is 12.1 Å². The van der Waals surface area contributed by atoms with Crippen molar-refractivity contribution in [2.45, 2.75) is 12.6 Å². The second kappa shape index (κ2) is 9.68. The molecular weight excluding hydrogens is 444 g/mol. The molecule has 0 bridgehead atoms. The Balaban J connectivity index is 1.57. The molecule has 8 nitrogen and oxygen atoms in total. The highest BCUT2D eigenvalue weighted by Crippen LogP contribution is 2.42. The van der Waals surface area contributed by atoms with Gasteiger partial charge in [-0.15, -0.1) is 0 Å². The fourth-order valence-corrected chi connectivity index (χ4v) is 4.66. The number of pyridine rings is 1. The number of nitrogens with two attached hydrogens (primary N) is 1. The van der Waals surface area contributed by atoms with E-state index in [9.17, 15) is 4.79 Å². The van der Waals surface area contributed by atoms with Crippen molar-refractivity contribution in [2.24, 2.45) is 0 Å². The number of nitrogen functional groups attached to an aromatic ring is 1. The molecule has 0 aliphatic carbocycles. The predicted octanol–water partition coefficient (Wildman–Crippen LogP) is 4.41. The van der Waals surface area contributed by atoms with Crippen LogP contribution in [-0.2, 0) is 4.74 Å². The van der Waals surface area contributed by atoms with Gasteiger partial charge in [-0.2, -0.15) is 0 Å². The first-order chi connectivity index (χ1) is 17.1. The minimum atomic E-state index is -0.268. The topological polar surface area (TPSA) is 94.1 Å². The zero-order valence-corrected chi connectivity index (χ0v) is 19.8. The lowest BCUT2D eigenvalue weighted by Gasteiger charge is -2.32. The number of carbonyl (C=O) groups excluding carboxylic acids is 1. The van der Waals surface area contributed by atoms with Crippen molar-refractivity contribution in [3.8, 4) is 17.0 Å². The third kappa shape index (κ3) is 4.40. The zero-order valence-electron chi connectivity index (χ0n) is 19.8. The molecule has 2 N–H and O–H groups in total. The lowest BCUT2D eigenvalue weighted by Crippen LogP contribution is -2.38. The molecule has 35 heavy (non-hydrogen) atoms. The van der Waals surface area contributed by atoms with Gasteiger partial charge in [0.1, 0.15) is 12.0 Å². The summed E-state index contributed by atoms with van der Waals surface area (Å²) in [4.78, 5) is 21.8. The number of hydrogen-bond acceptors (Lipinski definition) is 7. The second-order valence-electron chi connectivity index (χ2n) is 8.45. The summed E-state index contributed by atoms with van der Waals surface area (Å²) in [6, 6.07) is 19.2. The van der Waals surface area contributed by atoms with E-state index in [0.29, 0.717) is 43.3 Å². The van der Waals surface area contributed by atoms with Crippen LogP contribution in [-0.4, -0.2) is 55.9 Å². The number of rotatable bonds is 5. The molecule has 2 aromatic heterocycles. The van der Waals surface area contributed by atoms with Crippen molar-refractivity contribution in [3.63, 3.8) is 0 Å². The number of furan rings is 1. The highest BCUT2D eigenvalue weighted by molar-refractivity contribution is 5.92. The maximum absolute atomic E-state index is 12.9. The molecule has 5 rings (SSSR count). The van der Waals surface area contributed by atoms with Crippen LogP contribution in [0.5, 0.6) is 5.75 Å². The molecule has 180 valence electrons. The van der Waals surface area contributed by atoms with Crippen molar-refractivity contribution >= 4 is 28.2 Å². The van der Waals surface area contributed by atoms with Crippen molar-refractivity contribution in [1.29, 1.82) is 0 Å². The van der Waals surface area contributed by atoms with Gasteiger partial charge in [-0.1, -0.05) is 24.3 Å². The van der Waals surface area contributed by atoms with Gasteiger partial charge in [-0.25, -0.2) is 4.98 Å². The highest BCUT2D eigenvalue weighted by atomic mass is 16.5. The minimum absolute atomic E-state index is 0.131. The quantitative estimate of drug-likeness (QED) is 0.430. The van der Waals surface area contributed by atoms with Gasteiger partial charge in [0, 0.05) is 50.3 Å². The number of amides is 1. The van der Waals surface area contributed by atoms with Crippen LogP contribution in [0, 0.1) is 0 Å². The average molecular weight is 473 g/mol. The summed E-state index contributed by atoms with van der Waals surface area (Å²) < 4.78 is 17.0. The van der Waals surface area contributed by atoms with Crippen LogP contribution < -0.4 is 15.4 Å². The Bertz CT molecular complexity index is 1340. The Labute approximate surface area is 203 Å². The molecule has 0 radical (unpaired) electrons. The first kappa shape index (κ1) is 22.7. The van der Waals surface area contributed by atoms with Crippen LogP contribution in [0.2, 0.25) is 0 Å². The molecule has 1 saturated heterocycles. The Morgan fingerprint density at radius 1 is 1.06 bits per heavy atom. The van der Waals surface area contributed by atoms with Gasteiger partial charge in [-0.05, 0) is 30.3 Å².